The number of carbonyl (C=O) groups excluding carboxylic acids is 1. The lowest BCUT2D eigenvalue weighted by Gasteiger charge is -2.14. The van der Waals surface area contributed by atoms with E-state index >= 15 is 0 Å². The first-order chi connectivity index (χ1) is 7.93. The van der Waals surface area contributed by atoms with E-state index in [1.54, 1.807) is 11.5 Å². The molecule has 1 aromatic heterocycles. The largest absolute Gasteiger partial charge is 0.332 e. The van der Waals surface area contributed by atoms with Gasteiger partial charge in [0.15, 0.2) is 0 Å². The molecule has 0 aliphatic rings. The van der Waals surface area contributed by atoms with Gasteiger partial charge in [0.05, 0.1) is 0 Å². The van der Waals surface area contributed by atoms with Crippen molar-refractivity contribution >= 4 is 5.91 Å². The number of pyridine rings is 1. The fraction of sp³-hybridized carbons (Fsp3) is 0.333. The standard InChI is InChI=1S/C9H8F4N2O2/c10-8(11)9(12,13)5-17-15-7(16)6-3-1-2-4-14-6/h1-4,8H,5H2,(H,15,16). The SMILES string of the molecule is O=C(NOCC(F)(F)C(F)F)c1ccccn1. The number of alkyl halides is 4. The first kappa shape index (κ1) is 13.4. The third-order valence-electron chi connectivity index (χ3n) is 1.65. The van der Waals surface area contributed by atoms with Crippen molar-refractivity contribution < 1.29 is 27.2 Å². The van der Waals surface area contributed by atoms with E-state index in [0.717, 1.165) is 0 Å². The van der Waals surface area contributed by atoms with Crippen LogP contribution in [-0.2, 0) is 4.84 Å². The highest BCUT2D eigenvalue weighted by Crippen LogP contribution is 2.22. The van der Waals surface area contributed by atoms with Gasteiger partial charge in [-0.2, -0.15) is 8.78 Å². The number of carbonyl (C=O) groups is 1. The number of rotatable bonds is 5. The van der Waals surface area contributed by atoms with Crippen LogP contribution in [0.3, 0.4) is 0 Å². The van der Waals surface area contributed by atoms with Gasteiger partial charge in [0.2, 0.25) is 0 Å². The van der Waals surface area contributed by atoms with Crippen LogP contribution >= 0.6 is 0 Å². The Bertz CT molecular complexity index is 373. The normalized spacial score (nSPS) is 11.6. The van der Waals surface area contributed by atoms with Crippen LogP contribution < -0.4 is 5.48 Å². The van der Waals surface area contributed by atoms with Crippen molar-refractivity contribution in [3.05, 3.63) is 30.1 Å². The van der Waals surface area contributed by atoms with Crippen LogP contribution in [0.1, 0.15) is 10.5 Å². The first-order valence-electron chi connectivity index (χ1n) is 4.42. The molecule has 0 fully saturated rings. The summed E-state index contributed by atoms with van der Waals surface area (Å²) in [6, 6.07) is 4.35. The predicted molar refractivity (Wildman–Crippen MR) is 48.6 cm³/mol. The first-order valence-corrected chi connectivity index (χ1v) is 4.42. The zero-order valence-electron chi connectivity index (χ0n) is 8.37. The summed E-state index contributed by atoms with van der Waals surface area (Å²) in [7, 11) is 0. The number of nitrogens with one attached hydrogen (secondary N) is 1. The van der Waals surface area contributed by atoms with E-state index in [1.807, 2.05) is 0 Å². The van der Waals surface area contributed by atoms with Crippen molar-refractivity contribution in [1.82, 2.24) is 10.5 Å². The summed E-state index contributed by atoms with van der Waals surface area (Å²) >= 11 is 0. The maximum atomic E-state index is 12.4. The fourth-order valence-electron chi connectivity index (χ4n) is 0.810. The lowest BCUT2D eigenvalue weighted by atomic mass is 10.3. The Labute approximate surface area is 93.6 Å². The molecule has 1 aromatic rings. The summed E-state index contributed by atoms with van der Waals surface area (Å²) in [4.78, 5) is 18.8. The number of hydrogen-bond donors (Lipinski definition) is 1. The smallest absolute Gasteiger partial charge is 0.267 e. The molecule has 0 saturated heterocycles. The quantitative estimate of drug-likeness (QED) is 0.640. The van der Waals surface area contributed by atoms with E-state index in [0.29, 0.717) is 0 Å². The van der Waals surface area contributed by atoms with Gasteiger partial charge in [-0.05, 0) is 12.1 Å². The molecule has 1 rings (SSSR count). The second kappa shape index (κ2) is 5.58. The Morgan fingerprint density at radius 2 is 2.18 bits per heavy atom. The molecule has 17 heavy (non-hydrogen) atoms. The number of hydrogen-bond acceptors (Lipinski definition) is 3. The number of halogens is 4. The van der Waals surface area contributed by atoms with Crippen LogP contribution in [0.15, 0.2) is 24.4 Å². The number of hydroxylamine groups is 1. The molecular formula is C9H8F4N2O2. The molecule has 0 aliphatic carbocycles. The number of nitrogens with zero attached hydrogens (tertiary/aromatic N) is 1. The van der Waals surface area contributed by atoms with Gasteiger partial charge in [-0.25, -0.2) is 14.3 Å². The summed E-state index contributed by atoms with van der Waals surface area (Å²) in [6.07, 6.45) is -2.54. The van der Waals surface area contributed by atoms with Crippen LogP contribution in [0.5, 0.6) is 0 Å². The molecule has 0 aromatic carbocycles. The molecule has 0 unspecified atom stereocenters. The minimum absolute atomic E-state index is 0.0761. The lowest BCUT2D eigenvalue weighted by Crippen LogP contribution is -2.37. The number of amides is 1. The molecule has 1 heterocycles. The van der Waals surface area contributed by atoms with Crippen molar-refractivity contribution in [2.75, 3.05) is 6.61 Å². The molecule has 0 radical (unpaired) electrons. The zero-order valence-corrected chi connectivity index (χ0v) is 8.37. The van der Waals surface area contributed by atoms with Crippen molar-refractivity contribution in [3.63, 3.8) is 0 Å². The Kier molecular flexibility index (Phi) is 4.38. The highest BCUT2D eigenvalue weighted by atomic mass is 19.3. The molecule has 8 heteroatoms. The summed E-state index contributed by atoms with van der Waals surface area (Å²) in [5.41, 5.74) is 1.52. The molecule has 4 nitrogen and oxygen atoms in total. The fourth-order valence-corrected chi connectivity index (χ4v) is 0.810. The minimum Gasteiger partial charge on any atom is -0.267 e. The highest BCUT2D eigenvalue weighted by molar-refractivity contribution is 5.91. The van der Waals surface area contributed by atoms with Crippen molar-refractivity contribution in [1.29, 1.82) is 0 Å². The highest BCUT2D eigenvalue weighted by Gasteiger charge is 2.41. The molecule has 94 valence electrons. The van der Waals surface area contributed by atoms with E-state index < -0.39 is 24.9 Å². The third kappa shape index (κ3) is 3.99. The number of aromatic nitrogens is 1. The monoisotopic (exact) mass is 252 g/mol. The molecular weight excluding hydrogens is 244 g/mol. The van der Waals surface area contributed by atoms with Gasteiger partial charge >= 0.3 is 12.3 Å². The van der Waals surface area contributed by atoms with Gasteiger partial charge in [0.25, 0.3) is 5.91 Å². The molecule has 0 aliphatic heterocycles. The molecule has 0 bridgehead atoms. The Morgan fingerprint density at radius 3 is 2.71 bits per heavy atom. The zero-order chi connectivity index (χ0) is 12.9. The summed E-state index contributed by atoms with van der Waals surface area (Å²) in [5, 5.41) is 0. The second-order valence-corrected chi connectivity index (χ2v) is 3.00. The van der Waals surface area contributed by atoms with Crippen molar-refractivity contribution in [2.24, 2.45) is 0 Å². The average Bonchev–Trinajstić information content (AvgIpc) is 2.29. The van der Waals surface area contributed by atoms with E-state index in [2.05, 4.69) is 9.82 Å². The summed E-state index contributed by atoms with van der Waals surface area (Å²) in [6.45, 7) is -1.61. The van der Waals surface area contributed by atoms with Crippen LogP contribution in [0.2, 0.25) is 0 Å². The Morgan fingerprint density at radius 1 is 1.47 bits per heavy atom. The van der Waals surface area contributed by atoms with Gasteiger partial charge in [-0.3, -0.25) is 14.6 Å². The summed E-state index contributed by atoms with van der Waals surface area (Å²) in [5.74, 6) is -5.20. The topological polar surface area (TPSA) is 51.2 Å². The molecule has 1 N–H and O–H groups in total. The van der Waals surface area contributed by atoms with Crippen LogP contribution in [-0.4, -0.2) is 29.8 Å². The molecule has 0 saturated carbocycles. The second-order valence-electron chi connectivity index (χ2n) is 3.00. The van der Waals surface area contributed by atoms with Gasteiger partial charge < -0.3 is 0 Å². The molecule has 0 atom stereocenters. The van der Waals surface area contributed by atoms with Gasteiger partial charge in [-0.15, -0.1) is 0 Å². The van der Waals surface area contributed by atoms with Crippen LogP contribution in [0.25, 0.3) is 0 Å². The van der Waals surface area contributed by atoms with Crippen LogP contribution in [0.4, 0.5) is 17.6 Å². The average molecular weight is 252 g/mol. The molecule has 1 amide bonds. The van der Waals surface area contributed by atoms with Crippen LogP contribution in [0, 0.1) is 0 Å². The van der Waals surface area contributed by atoms with Gasteiger partial charge in [0, 0.05) is 6.20 Å². The van der Waals surface area contributed by atoms with Gasteiger partial charge in [-0.1, -0.05) is 6.07 Å². The molecule has 0 spiro atoms. The maximum absolute atomic E-state index is 12.4. The van der Waals surface area contributed by atoms with E-state index in [9.17, 15) is 22.4 Å². The summed E-state index contributed by atoms with van der Waals surface area (Å²) < 4.78 is 48.1. The third-order valence-corrected chi connectivity index (χ3v) is 1.65. The minimum atomic E-state index is -4.31. The Hall–Kier alpha value is -1.70. The predicted octanol–water partition coefficient (Wildman–Crippen LogP) is 1.64. The van der Waals surface area contributed by atoms with Crippen molar-refractivity contribution in [3.8, 4) is 0 Å². The Balaban J connectivity index is 2.40. The van der Waals surface area contributed by atoms with Crippen molar-refractivity contribution in [2.45, 2.75) is 12.3 Å². The van der Waals surface area contributed by atoms with E-state index in [-0.39, 0.29) is 5.69 Å². The van der Waals surface area contributed by atoms with Gasteiger partial charge in [0.1, 0.15) is 12.3 Å². The van der Waals surface area contributed by atoms with E-state index in [4.69, 9.17) is 0 Å². The lowest BCUT2D eigenvalue weighted by molar-refractivity contribution is -0.175. The maximum Gasteiger partial charge on any atom is 0.332 e. The van der Waals surface area contributed by atoms with E-state index in [1.165, 1.54) is 18.3 Å².